The van der Waals surface area contributed by atoms with Gasteiger partial charge in [-0.25, -0.2) is 0 Å². The van der Waals surface area contributed by atoms with Gasteiger partial charge in [-0.1, -0.05) is 66.2 Å². The van der Waals surface area contributed by atoms with E-state index >= 15 is 0 Å². The van der Waals surface area contributed by atoms with Crippen molar-refractivity contribution in [3.8, 4) is 11.1 Å². The van der Waals surface area contributed by atoms with Gasteiger partial charge in [0.25, 0.3) is 5.69 Å². The van der Waals surface area contributed by atoms with Crippen LogP contribution in [0.2, 0.25) is 5.02 Å². The number of ketones is 1. The molecule has 0 N–H and O–H groups in total. The zero-order valence-corrected chi connectivity index (χ0v) is 17.3. The highest BCUT2D eigenvalue weighted by Gasteiger charge is 2.16. The molecule has 0 aromatic heterocycles. The summed E-state index contributed by atoms with van der Waals surface area (Å²) < 4.78 is 0. The van der Waals surface area contributed by atoms with E-state index in [0.29, 0.717) is 5.56 Å². The largest absolute Gasteiger partial charge is 0.298 e. The van der Waals surface area contributed by atoms with Crippen LogP contribution >= 0.6 is 11.6 Å². The maximum absolute atomic E-state index is 12.7. The van der Waals surface area contributed by atoms with Crippen molar-refractivity contribution in [3.63, 3.8) is 0 Å². The fourth-order valence-corrected chi connectivity index (χ4v) is 3.43. The third-order valence-electron chi connectivity index (χ3n) is 4.74. The molecule has 0 saturated carbocycles. The molecule has 0 heterocycles. The number of carbonyl (C=O) groups is 1. The third-order valence-corrected chi connectivity index (χ3v) is 5.05. The van der Waals surface area contributed by atoms with Gasteiger partial charge < -0.3 is 0 Å². The minimum absolute atomic E-state index is 0.0651. The number of nitro benzene ring substituents is 1. The quantitative estimate of drug-likeness (QED) is 0.201. The molecular formula is C24H21ClN2O3. The molecule has 0 radical (unpaired) electrons. The van der Waals surface area contributed by atoms with E-state index < -0.39 is 4.92 Å². The molecule has 3 rings (SSSR count). The molecule has 0 unspecified atom stereocenters. The predicted molar refractivity (Wildman–Crippen MR) is 120 cm³/mol. The molecule has 0 aliphatic carbocycles. The Balaban J connectivity index is 1.75. The number of nitro groups is 1. The summed E-state index contributed by atoms with van der Waals surface area (Å²) in [6.45, 7) is 5.42. The molecule has 0 spiro atoms. The van der Waals surface area contributed by atoms with Crippen LogP contribution in [-0.4, -0.2) is 29.2 Å². The van der Waals surface area contributed by atoms with Crippen molar-refractivity contribution in [2.75, 3.05) is 13.6 Å². The Labute approximate surface area is 180 Å². The molecule has 0 aliphatic heterocycles. The van der Waals surface area contributed by atoms with Crippen LogP contribution in [-0.2, 0) is 6.54 Å². The van der Waals surface area contributed by atoms with Gasteiger partial charge in [0.05, 0.1) is 9.95 Å². The molecule has 6 heteroatoms. The van der Waals surface area contributed by atoms with Crippen molar-refractivity contribution in [1.29, 1.82) is 0 Å². The minimum Gasteiger partial charge on any atom is -0.298 e. The molecule has 0 bridgehead atoms. The zero-order chi connectivity index (χ0) is 21.7. The van der Waals surface area contributed by atoms with E-state index in [1.54, 1.807) is 12.1 Å². The molecular weight excluding hydrogens is 400 g/mol. The van der Waals surface area contributed by atoms with Gasteiger partial charge in [0.1, 0.15) is 0 Å². The summed E-state index contributed by atoms with van der Waals surface area (Å²) in [6, 6.07) is 19.4. The number of likely N-dealkylation sites (N-methyl/N-ethyl adjacent to an activating group) is 1. The van der Waals surface area contributed by atoms with E-state index in [-0.39, 0.29) is 22.1 Å². The lowest BCUT2D eigenvalue weighted by Crippen LogP contribution is -2.17. The highest BCUT2D eigenvalue weighted by atomic mass is 35.5. The minimum atomic E-state index is -0.544. The van der Waals surface area contributed by atoms with E-state index in [9.17, 15) is 14.9 Å². The first-order valence-electron chi connectivity index (χ1n) is 9.36. The maximum atomic E-state index is 12.7. The Hall–Kier alpha value is -3.28. The van der Waals surface area contributed by atoms with Gasteiger partial charge in [-0.2, -0.15) is 0 Å². The second-order valence-corrected chi connectivity index (χ2v) is 7.42. The summed E-state index contributed by atoms with van der Waals surface area (Å²) in [5.41, 5.74) is 3.82. The summed E-state index contributed by atoms with van der Waals surface area (Å²) in [6.07, 6.45) is 1.88. The first-order valence-corrected chi connectivity index (χ1v) is 9.74. The highest BCUT2D eigenvalue weighted by Crippen LogP contribution is 2.26. The van der Waals surface area contributed by atoms with Gasteiger partial charge in [0.2, 0.25) is 0 Å². The highest BCUT2D eigenvalue weighted by molar-refractivity contribution is 6.35. The van der Waals surface area contributed by atoms with Gasteiger partial charge in [-0.3, -0.25) is 19.8 Å². The van der Waals surface area contributed by atoms with Crippen LogP contribution < -0.4 is 0 Å². The van der Waals surface area contributed by atoms with Gasteiger partial charge in [0, 0.05) is 36.3 Å². The maximum Gasteiger partial charge on any atom is 0.270 e. The third kappa shape index (κ3) is 5.00. The van der Waals surface area contributed by atoms with Crippen molar-refractivity contribution in [1.82, 2.24) is 4.90 Å². The average Bonchev–Trinajstić information content (AvgIpc) is 2.74. The second-order valence-electron chi connectivity index (χ2n) is 7.01. The molecule has 0 atom stereocenters. The van der Waals surface area contributed by atoms with E-state index in [0.717, 1.165) is 24.2 Å². The summed E-state index contributed by atoms with van der Waals surface area (Å²) in [4.78, 5) is 25.2. The van der Waals surface area contributed by atoms with Gasteiger partial charge >= 0.3 is 0 Å². The summed E-state index contributed by atoms with van der Waals surface area (Å²) in [7, 11) is 2.04. The number of nitrogens with zero attached hydrogens (tertiary/aromatic N) is 2. The van der Waals surface area contributed by atoms with Crippen LogP contribution in [0, 0.1) is 10.1 Å². The van der Waals surface area contributed by atoms with E-state index in [4.69, 9.17) is 11.6 Å². The van der Waals surface area contributed by atoms with Crippen LogP contribution in [0.5, 0.6) is 0 Å². The van der Waals surface area contributed by atoms with Crippen molar-refractivity contribution in [3.05, 3.63) is 111 Å². The van der Waals surface area contributed by atoms with E-state index in [2.05, 4.69) is 35.7 Å². The second kappa shape index (κ2) is 9.48. The topological polar surface area (TPSA) is 63.5 Å². The number of non-ortho nitro benzene ring substituents is 1. The molecule has 0 amide bonds. The number of hydrogen-bond acceptors (Lipinski definition) is 4. The van der Waals surface area contributed by atoms with Crippen LogP contribution in [0.15, 0.2) is 79.4 Å². The molecule has 0 saturated heterocycles. The van der Waals surface area contributed by atoms with Gasteiger partial charge in [0.15, 0.2) is 5.78 Å². The van der Waals surface area contributed by atoms with Crippen molar-refractivity contribution >= 4 is 23.1 Å². The summed E-state index contributed by atoms with van der Waals surface area (Å²) >= 11 is 6.08. The molecule has 5 nitrogen and oxygen atoms in total. The lowest BCUT2D eigenvalue weighted by atomic mass is 9.98. The number of carbonyl (C=O) groups excluding carboxylic acids is 1. The fraction of sp³-hybridized carbons (Fsp3) is 0.125. The Morgan fingerprint density at radius 1 is 1.07 bits per heavy atom. The number of halogens is 1. The van der Waals surface area contributed by atoms with Crippen LogP contribution in [0.3, 0.4) is 0 Å². The smallest absolute Gasteiger partial charge is 0.270 e. The van der Waals surface area contributed by atoms with Crippen molar-refractivity contribution in [2.24, 2.45) is 0 Å². The average molecular weight is 421 g/mol. The molecule has 3 aromatic rings. The number of benzene rings is 3. The first kappa shape index (κ1) is 21.4. The Morgan fingerprint density at radius 2 is 1.67 bits per heavy atom. The van der Waals surface area contributed by atoms with Crippen LogP contribution in [0.4, 0.5) is 5.69 Å². The van der Waals surface area contributed by atoms with Crippen molar-refractivity contribution < 1.29 is 9.72 Å². The number of rotatable bonds is 8. The first-order chi connectivity index (χ1) is 14.4. The fourth-order valence-electron chi connectivity index (χ4n) is 3.17. The lowest BCUT2D eigenvalue weighted by molar-refractivity contribution is -0.384. The zero-order valence-electron chi connectivity index (χ0n) is 16.5. The Kier molecular flexibility index (Phi) is 6.77. The normalized spacial score (nSPS) is 10.8. The molecule has 152 valence electrons. The number of hydrogen-bond donors (Lipinski definition) is 0. The van der Waals surface area contributed by atoms with Gasteiger partial charge in [-0.15, -0.1) is 6.58 Å². The Bertz CT molecular complexity index is 1080. The molecule has 0 aliphatic rings. The summed E-state index contributed by atoms with van der Waals surface area (Å²) in [5, 5.41) is 10.9. The van der Waals surface area contributed by atoms with Crippen LogP contribution in [0.25, 0.3) is 11.1 Å². The molecule has 0 fully saturated rings. The van der Waals surface area contributed by atoms with E-state index in [1.807, 2.05) is 25.3 Å². The van der Waals surface area contributed by atoms with Crippen LogP contribution in [0.1, 0.15) is 21.5 Å². The monoisotopic (exact) mass is 420 g/mol. The SMILES string of the molecule is C=CCN(C)Cc1ccc(-c2ccc(C(=O)c3ccc([N+](=O)[O-])cc3Cl)cc2)cc1. The lowest BCUT2D eigenvalue weighted by Gasteiger charge is -2.14. The molecule has 3 aromatic carbocycles. The standard InChI is InChI=1S/C24H21ClN2O3/c1-3-14-26(2)16-17-4-6-18(7-5-17)19-8-10-20(11-9-19)24(28)22-13-12-21(27(29)30)15-23(22)25/h3-13,15H,1,14,16H2,2H3. The van der Waals surface area contributed by atoms with Crippen molar-refractivity contribution in [2.45, 2.75) is 6.54 Å². The van der Waals surface area contributed by atoms with E-state index in [1.165, 1.54) is 23.8 Å². The Morgan fingerprint density at radius 3 is 2.20 bits per heavy atom. The summed E-state index contributed by atoms with van der Waals surface area (Å²) in [5.74, 6) is -0.276. The molecule has 30 heavy (non-hydrogen) atoms. The predicted octanol–water partition coefficient (Wildman–Crippen LogP) is 5.76. The van der Waals surface area contributed by atoms with Gasteiger partial charge in [-0.05, 0) is 29.8 Å².